The van der Waals surface area contributed by atoms with Crippen LogP contribution >= 0.6 is 0 Å². The Labute approximate surface area is 727 Å². The molecule has 0 fully saturated rings. The fourth-order valence-corrected chi connectivity index (χ4v) is 13.1. The molecule has 0 unspecified atom stereocenters. The van der Waals surface area contributed by atoms with Gasteiger partial charge in [-0.3, -0.25) is 58.0 Å². The molecule has 8 amide bonds. The summed E-state index contributed by atoms with van der Waals surface area (Å²) >= 11 is 0. The van der Waals surface area contributed by atoms with Gasteiger partial charge >= 0.3 is 59.7 Å². The number of β-amino-alcohol motifs (C(OH)–C–C–N with tert-alkyl or cyclic N) is 2. The minimum absolute atomic E-state index is 0.0703. The Balaban J connectivity index is 0.000000171. The highest BCUT2D eigenvalue weighted by molar-refractivity contribution is 6.25. The van der Waals surface area contributed by atoms with E-state index in [4.69, 9.17) is 50.2 Å². The Kier molecular flexibility index (Phi) is 32.3. The van der Waals surface area contributed by atoms with Gasteiger partial charge in [0.2, 0.25) is 0 Å². The number of rotatable bonds is 25. The van der Waals surface area contributed by atoms with E-state index < -0.39 is 89.2 Å². The summed E-state index contributed by atoms with van der Waals surface area (Å²) in [4.78, 5) is 220. The summed E-state index contributed by atoms with van der Waals surface area (Å²) in [5.41, 5.74) is 13.3. The molecule has 9 aromatic rings. The number of aliphatic hydroxyl groups is 5. The Morgan fingerprint density at radius 2 is 0.492 bits per heavy atom. The molecule has 9 aromatic carbocycles. The Hall–Kier alpha value is -15.6. The van der Waals surface area contributed by atoms with E-state index in [-0.39, 0.29) is 168 Å². The molecule has 128 heavy (non-hydrogen) atoms. The van der Waals surface area contributed by atoms with Crippen LogP contribution in [0.25, 0.3) is 33.4 Å². The third kappa shape index (κ3) is 21.4. The third-order valence-corrected chi connectivity index (χ3v) is 19.5. The zero-order valence-corrected chi connectivity index (χ0v) is 68.9. The van der Waals surface area contributed by atoms with Crippen LogP contribution < -0.4 is 5.73 Å². The lowest BCUT2D eigenvalue weighted by atomic mass is 9.97. The predicted molar refractivity (Wildman–Crippen MR) is 445 cm³/mol. The van der Waals surface area contributed by atoms with Gasteiger partial charge in [-0.2, -0.15) is 0 Å². The van der Waals surface area contributed by atoms with Crippen molar-refractivity contribution in [3.63, 3.8) is 0 Å². The number of benzene rings is 9. The van der Waals surface area contributed by atoms with Crippen molar-refractivity contribution in [2.75, 3.05) is 106 Å². The summed E-state index contributed by atoms with van der Waals surface area (Å²) in [6.45, 7) is 3.27. The summed E-state index contributed by atoms with van der Waals surface area (Å²) in [5, 5.41) is 42.8. The molecule has 0 saturated carbocycles. The zero-order chi connectivity index (χ0) is 92.7. The highest BCUT2D eigenvalue weighted by Gasteiger charge is 2.41. The van der Waals surface area contributed by atoms with Crippen LogP contribution in [0.3, 0.4) is 0 Å². The number of cyclic esters (lactones) is 4. The third-order valence-electron chi connectivity index (χ3n) is 19.5. The van der Waals surface area contributed by atoms with Gasteiger partial charge in [0.15, 0.2) is 0 Å². The van der Waals surface area contributed by atoms with Crippen LogP contribution in [0.4, 0.5) is 0 Å². The van der Waals surface area contributed by atoms with Crippen LogP contribution in [0.1, 0.15) is 213 Å². The van der Waals surface area contributed by atoms with Crippen LogP contribution in [-0.4, -0.2) is 258 Å². The van der Waals surface area contributed by atoms with Gasteiger partial charge in [-0.15, -0.1) is 0 Å². The number of ether oxygens (including phenoxy) is 8. The van der Waals surface area contributed by atoms with E-state index in [0.29, 0.717) is 81.8 Å². The maximum atomic E-state index is 13.1. The lowest BCUT2D eigenvalue weighted by Crippen LogP contribution is -2.33. The number of fused-ring (bicyclic) bond motifs is 6. The second-order valence-corrected chi connectivity index (χ2v) is 27.6. The van der Waals surface area contributed by atoms with Gasteiger partial charge in [0, 0.05) is 13.1 Å². The summed E-state index contributed by atoms with van der Waals surface area (Å²) in [6.07, 6.45) is 1.44. The average molecular weight is 1750 g/mol. The van der Waals surface area contributed by atoms with Crippen molar-refractivity contribution in [1.82, 2.24) is 19.6 Å². The highest BCUT2D eigenvalue weighted by atomic mass is 16.6. The zero-order valence-electron chi connectivity index (χ0n) is 68.9. The Morgan fingerprint density at radius 3 is 0.742 bits per heavy atom. The number of amides is 8. The molecule has 36 nitrogen and oxygen atoms in total. The molecule has 6 heterocycles. The topological polar surface area (TPSA) is 521 Å². The van der Waals surface area contributed by atoms with Gasteiger partial charge < -0.3 is 69.2 Å². The Bertz CT molecular complexity index is 5720. The van der Waals surface area contributed by atoms with Crippen molar-refractivity contribution < 1.29 is 150 Å². The Morgan fingerprint density at radius 1 is 0.266 bits per heavy atom. The monoisotopic (exact) mass is 1750 g/mol. The SMILES string of the molecule is CCCN1C(=O)c2ccc(-c3ccc4c(c3)C(=O)N(CCOC(=O)c3ccc(C(=O)OC)cc3)C4=O)cc2C1=O.CCCOC(=O)c1ccc(C(=O)OC)cc1.NCCO.O=C(OCCO)c1ccc(C(=O)OCCO)cc1.O=C1OC(=O)c2cc(-c3ccc4c(c3)C(=O)OC4=O)ccc21.O=C1c2ccc(-c3ccc4c(c3)C(=O)N(CCO)C4=O)cc2C(=O)N1CCO. The molecule has 0 spiro atoms. The molecule has 6 aliphatic heterocycles. The highest BCUT2D eigenvalue weighted by Crippen LogP contribution is 2.36. The summed E-state index contributed by atoms with van der Waals surface area (Å²) in [6, 6.07) is 46.2. The number of nitrogens with two attached hydrogens (primary N) is 1. The quantitative estimate of drug-likeness (QED) is 0.0144. The van der Waals surface area contributed by atoms with E-state index in [9.17, 15) is 86.3 Å². The largest absolute Gasteiger partial charge is 0.465 e. The van der Waals surface area contributed by atoms with Crippen molar-refractivity contribution in [3.8, 4) is 33.4 Å². The normalized spacial score (nSPS) is 13.2. The number of methoxy groups -OCH3 is 2. The average Bonchev–Trinajstić information content (AvgIpc) is 1.61. The lowest BCUT2D eigenvalue weighted by molar-refractivity contribution is 0.0420. The smallest absolute Gasteiger partial charge is 0.346 e. The molecule has 0 radical (unpaired) electrons. The van der Waals surface area contributed by atoms with E-state index in [1.54, 1.807) is 97.1 Å². The van der Waals surface area contributed by atoms with Crippen LogP contribution in [0.2, 0.25) is 0 Å². The second-order valence-electron chi connectivity index (χ2n) is 27.6. The summed E-state index contributed by atoms with van der Waals surface area (Å²) < 4.78 is 37.8. The number of carbonyl (C=O) groups excluding carboxylic acids is 18. The van der Waals surface area contributed by atoms with E-state index in [0.717, 1.165) is 21.1 Å². The first-order valence-corrected chi connectivity index (χ1v) is 39.3. The first-order valence-electron chi connectivity index (χ1n) is 39.3. The van der Waals surface area contributed by atoms with Gasteiger partial charge in [0.25, 0.3) is 47.3 Å². The van der Waals surface area contributed by atoms with Crippen LogP contribution in [0.15, 0.2) is 182 Å². The number of nitrogens with zero attached hydrogens (tertiary/aromatic N) is 4. The van der Waals surface area contributed by atoms with E-state index in [1.807, 2.05) is 13.8 Å². The van der Waals surface area contributed by atoms with Crippen LogP contribution in [-0.2, 0) is 37.9 Å². The van der Waals surface area contributed by atoms with E-state index >= 15 is 0 Å². The number of imide groups is 4. The van der Waals surface area contributed by atoms with Crippen LogP contribution in [0, 0.1) is 0 Å². The van der Waals surface area contributed by atoms with Crippen molar-refractivity contribution in [1.29, 1.82) is 0 Å². The molecule has 0 bridgehead atoms. The minimum Gasteiger partial charge on any atom is -0.465 e. The molecule has 36 heteroatoms. The van der Waals surface area contributed by atoms with Crippen molar-refractivity contribution in [3.05, 3.63) is 282 Å². The first kappa shape index (κ1) is 94.6. The van der Waals surface area contributed by atoms with Crippen LogP contribution in [0.5, 0.6) is 0 Å². The maximum Gasteiger partial charge on any atom is 0.346 e. The number of aliphatic hydroxyl groups excluding tert-OH is 5. The fourth-order valence-electron chi connectivity index (χ4n) is 13.1. The summed E-state index contributed by atoms with van der Waals surface area (Å²) in [5.74, 6) is -9.43. The van der Waals surface area contributed by atoms with Gasteiger partial charge in [-0.05, 0) is 192 Å². The molecule has 0 aromatic heterocycles. The number of hydrogen-bond donors (Lipinski definition) is 6. The maximum absolute atomic E-state index is 13.1. The number of hydrogen-bond acceptors (Lipinski definition) is 32. The van der Waals surface area contributed by atoms with Gasteiger partial charge in [-0.25, -0.2) is 47.9 Å². The second kappa shape index (κ2) is 43.6. The molecule has 0 saturated heterocycles. The van der Waals surface area contributed by atoms with E-state index in [1.165, 1.54) is 104 Å². The van der Waals surface area contributed by atoms with Crippen molar-refractivity contribution in [2.45, 2.75) is 26.7 Å². The number of carbonyl (C=O) groups is 18. The first-order chi connectivity index (χ1) is 61.5. The minimum atomic E-state index is -0.697. The van der Waals surface area contributed by atoms with Gasteiger partial charge in [0.1, 0.15) is 19.8 Å². The molecule has 15 rings (SSSR count). The molecule has 660 valence electrons. The molecule has 6 aliphatic rings. The summed E-state index contributed by atoms with van der Waals surface area (Å²) in [7, 11) is 2.56. The van der Waals surface area contributed by atoms with Gasteiger partial charge in [-0.1, -0.05) is 50.2 Å². The lowest BCUT2D eigenvalue weighted by Gasteiger charge is -2.13. The molecular weight excluding hydrogens is 1670 g/mol. The number of esters is 10. The van der Waals surface area contributed by atoms with Crippen molar-refractivity contribution in [2.24, 2.45) is 5.73 Å². The predicted octanol–water partition coefficient (Wildman–Crippen LogP) is 7.07. The van der Waals surface area contributed by atoms with E-state index in [2.05, 4.69) is 18.9 Å². The molecule has 0 aliphatic carbocycles. The van der Waals surface area contributed by atoms with Gasteiger partial charge in [0.05, 0.1) is 174 Å². The standard InChI is InChI=1S/C30H24N2O8.C20H16N2O6.C16H6O6.C12H14O6.C12H14O4.C2H7NO/c1-3-12-31-25(33)21-10-8-19(15-23(21)27(31)35)20-9-11-22-24(16-20)28(36)32(26(22)34)13-14-40-30(38)18-6-4-17(5-7-18)29(37)39-2;23-7-5-21-17(25)13-3-1-11(9-15(13)19(21)27)12-2-4-14-16(10-12)20(28)22(6-8-24)18(14)26;17-13-9-3-1-7(5-11(9)15(19)21-13)8-2-4-10-12(6-8)16(20)22-14(10)18;13-5-7-17-11(15)9-1-2-10(4-3-9)12(16)18-8-6-14;1-3-8-16-12(14)10-6-4-9(5-7-10)11(13)15-2;3-1-2-4/h4-11,15-16H,3,12-14H2,1-2H3;1-4,9-10,23-24H,5-8H2;1-6H;1-4,13-14H,5-8H2;4-7H,3,8H2,1-2H3;4H,1-3H2. The molecule has 7 N–H and O–H groups in total. The fraction of sp³-hybridized carbons (Fsp3) is 0.217. The molecular formula is C92H81N5O31. The molecule has 0 atom stereocenters. The van der Waals surface area contributed by atoms with Crippen molar-refractivity contribution >= 4 is 107 Å².